The summed E-state index contributed by atoms with van der Waals surface area (Å²) in [5, 5.41) is 0.663. The first kappa shape index (κ1) is 13.1. The molecule has 2 aliphatic rings. The molecule has 2 atom stereocenters. The number of carbonyl (C=O) groups excluding carboxylic acids is 1. The van der Waals surface area contributed by atoms with Gasteiger partial charge in [0.05, 0.1) is 5.75 Å². The Morgan fingerprint density at radius 2 is 1.93 bits per heavy atom. The van der Waals surface area contributed by atoms with Crippen LogP contribution in [0, 0.1) is 0 Å². The summed E-state index contributed by atoms with van der Waals surface area (Å²) in [5.74, 6) is 0.314. The van der Waals surface area contributed by atoms with E-state index in [2.05, 4.69) is 11.9 Å². The molecule has 0 aromatic carbocycles. The molecule has 0 spiro atoms. The highest BCUT2D eigenvalue weighted by Crippen LogP contribution is 2.38. The van der Waals surface area contributed by atoms with Gasteiger partial charge in [0.2, 0.25) is 5.91 Å². The molecule has 2 unspecified atom stereocenters. The molecule has 15 heavy (non-hydrogen) atoms. The smallest absolute Gasteiger partial charge is 0.227 e. The maximum Gasteiger partial charge on any atom is 0.227 e. The third-order valence-corrected chi connectivity index (χ3v) is 4.82. The zero-order valence-electron chi connectivity index (χ0n) is 9.02. The van der Waals surface area contributed by atoms with Crippen LogP contribution in [0.1, 0.15) is 25.7 Å². The molecule has 88 valence electrons. The summed E-state index contributed by atoms with van der Waals surface area (Å²) in [6.45, 7) is 0. The molecule has 2 saturated heterocycles. The summed E-state index contributed by atoms with van der Waals surface area (Å²) in [6.07, 6.45) is 5.17. The Morgan fingerprint density at radius 3 is 2.40 bits per heavy atom. The van der Waals surface area contributed by atoms with Gasteiger partial charge in [0.25, 0.3) is 0 Å². The molecule has 1 amide bonds. The standard InChI is InChI=1S/C10H18N2OS.ClH/c1-12-7-2-3-8(12)5-9(4-7)14-6-10(11)13;/h7-9H,2-6H2,1H3,(H2,11,13);1H. The van der Waals surface area contributed by atoms with Crippen LogP contribution in [0.3, 0.4) is 0 Å². The molecule has 0 radical (unpaired) electrons. The molecule has 2 rings (SSSR count). The topological polar surface area (TPSA) is 46.3 Å². The minimum atomic E-state index is -0.179. The maximum atomic E-state index is 10.7. The van der Waals surface area contributed by atoms with Crippen molar-refractivity contribution < 1.29 is 4.79 Å². The van der Waals surface area contributed by atoms with Crippen molar-refractivity contribution in [1.29, 1.82) is 0 Å². The van der Waals surface area contributed by atoms with E-state index >= 15 is 0 Å². The second kappa shape index (κ2) is 5.41. The van der Waals surface area contributed by atoms with Gasteiger partial charge in [-0.25, -0.2) is 0 Å². The lowest BCUT2D eigenvalue weighted by atomic mass is 10.0. The number of fused-ring (bicyclic) bond motifs is 2. The predicted molar refractivity (Wildman–Crippen MR) is 66.5 cm³/mol. The normalized spacial score (nSPS) is 34.9. The summed E-state index contributed by atoms with van der Waals surface area (Å²) in [4.78, 5) is 13.2. The van der Waals surface area contributed by atoms with Gasteiger partial charge in [-0.2, -0.15) is 0 Å². The second-order valence-electron chi connectivity index (χ2n) is 4.42. The number of nitrogens with two attached hydrogens (primary N) is 1. The van der Waals surface area contributed by atoms with Gasteiger partial charge >= 0.3 is 0 Å². The SMILES string of the molecule is CN1C2CCC1CC(SCC(N)=O)C2.Cl. The van der Waals surface area contributed by atoms with E-state index < -0.39 is 0 Å². The Bertz CT molecular complexity index is 225. The quantitative estimate of drug-likeness (QED) is 0.820. The summed E-state index contributed by atoms with van der Waals surface area (Å²) in [6, 6.07) is 1.53. The first-order chi connectivity index (χ1) is 6.66. The van der Waals surface area contributed by atoms with E-state index in [-0.39, 0.29) is 18.3 Å². The third kappa shape index (κ3) is 3.02. The van der Waals surface area contributed by atoms with E-state index in [4.69, 9.17) is 5.73 Å². The van der Waals surface area contributed by atoms with Crippen LogP contribution in [0.15, 0.2) is 0 Å². The molecule has 2 heterocycles. The molecule has 5 heteroatoms. The van der Waals surface area contributed by atoms with Crippen LogP contribution in [0.25, 0.3) is 0 Å². The number of nitrogens with zero attached hydrogens (tertiary/aromatic N) is 1. The predicted octanol–water partition coefficient (Wildman–Crippen LogP) is 1.25. The third-order valence-electron chi connectivity index (χ3n) is 3.52. The van der Waals surface area contributed by atoms with Crippen LogP contribution in [-0.4, -0.2) is 40.9 Å². The van der Waals surface area contributed by atoms with Crippen LogP contribution < -0.4 is 5.73 Å². The van der Waals surface area contributed by atoms with Crippen molar-refractivity contribution in [2.75, 3.05) is 12.8 Å². The van der Waals surface area contributed by atoms with Crippen molar-refractivity contribution in [1.82, 2.24) is 4.90 Å². The first-order valence-electron chi connectivity index (χ1n) is 5.28. The van der Waals surface area contributed by atoms with Gasteiger partial charge in [-0.05, 0) is 32.7 Å². The molecular formula is C10H19ClN2OS. The molecule has 2 fully saturated rings. The van der Waals surface area contributed by atoms with Gasteiger partial charge in [0.1, 0.15) is 0 Å². The largest absolute Gasteiger partial charge is 0.369 e. The molecule has 2 bridgehead atoms. The zero-order chi connectivity index (χ0) is 10.1. The number of thioether (sulfide) groups is 1. The second-order valence-corrected chi connectivity index (χ2v) is 5.71. The molecule has 0 aromatic heterocycles. The van der Waals surface area contributed by atoms with Gasteiger partial charge in [0.15, 0.2) is 0 Å². The Morgan fingerprint density at radius 1 is 1.40 bits per heavy atom. The Balaban J connectivity index is 0.00000112. The molecule has 0 aliphatic carbocycles. The molecular weight excluding hydrogens is 232 g/mol. The molecule has 0 aromatic rings. The van der Waals surface area contributed by atoms with Gasteiger partial charge in [-0.1, -0.05) is 0 Å². The highest BCUT2D eigenvalue weighted by molar-refractivity contribution is 8.00. The number of hydrogen-bond donors (Lipinski definition) is 1. The minimum absolute atomic E-state index is 0. The van der Waals surface area contributed by atoms with Crippen LogP contribution in [0.2, 0.25) is 0 Å². The number of carbonyl (C=O) groups is 1. The highest BCUT2D eigenvalue weighted by atomic mass is 35.5. The monoisotopic (exact) mass is 250 g/mol. The average Bonchev–Trinajstić information content (AvgIpc) is 2.41. The lowest BCUT2D eigenvalue weighted by Crippen LogP contribution is -2.41. The number of piperidine rings is 1. The van der Waals surface area contributed by atoms with Crippen molar-refractivity contribution in [3.05, 3.63) is 0 Å². The van der Waals surface area contributed by atoms with Crippen molar-refractivity contribution >= 4 is 30.1 Å². The van der Waals surface area contributed by atoms with Crippen molar-refractivity contribution in [2.24, 2.45) is 5.73 Å². The van der Waals surface area contributed by atoms with Gasteiger partial charge in [0, 0.05) is 17.3 Å². The van der Waals surface area contributed by atoms with Crippen LogP contribution >= 0.6 is 24.2 Å². The molecule has 3 nitrogen and oxygen atoms in total. The summed E-state index contributed by atoms with van der Waals surface area (Å²) >= 11 is 1.75. The van der Waals surface area contributed by atoms with Crippen LogP contribution in [0.4, 0.5) is 0 Å². The fraction of sp³-hybridized carbons (Fsp3) is 0.900. The average molecular weight is 251 g/mol. The van der Waals surface area contributed by atoms with E-state index in [1.54, 1.807) is 11.8 Å². The summed E-state index contributed by atoms with van der Waals surface area (Å²) < 4.78 is 0. The Labute approximate surface area is 102 Å². The fourth-order valence-corrected chi connectivity index (χ4v) is 3.81. The molecule has 0 saturated carbocycles. The van der Waals surface area contributed by atoms with Gasteiger partial charge in [-0.3, -0.25) is 4.79 Å². The van der Waals surface area contributed by atoms with E-state index in [0.717, 1.165) is 12.1 Å². The Hall–Kier alpha value is 0.0700. The summed E-state index contributed by atoms with van der Waals surface area (Å²) in [5.41, 5.74) is 5.15. The van der Waals surface area contributed by atoms with E-state index in [1.165, 1.54) is 25.7 Å². The number of amides is 1. The zero-order valence-corrected chi connectivity index (χ0v) is 10.6. The maximum absolute atomic E-state index is 10.7. The number of rotatable bonds is 3. The lowest BCUT2D eigenvalue weighted by molar-refractivity contribution is -0.115. The Kier molecular flexibility index (Phi) is 4.74. The van der Waals surface area contributed by atoms with Gasteiger partial charge in [-0.15, -0.1) is 24.2 Å². The van der Waals surface area contributed by atoms with E-state index in [0.29, 0.717) is 11.0 Å². The van der Waals surface area contributed by atoms with Crippen molar-refractivity contribution in [2.45, 2.75) is 43.0 Å². The first-order valence-corrected chi connectivity index (χ1v) is 6.33. The number of primary amides is 1. The van der Waals surface area contributed by atoms with Crippen molar-refractivity contribution in [3.63, 3.8) is 0 Å². The molecule has 2 aliphatic heterocycles. The molecule has 2 N–H and O–H groups in total. The van der Waals surface area contributed by atoms with Gasteiger partial charge < -0.3 is 10.6 Å². The summed E-state index contributed by atoms with van der Waals surface area (Å²) in [7, 11) is 2.23. The van der Waals surface area contributed by atoms with Crippen LogP contribution in [0.5, 0.6) is 0 Å². The number of halogens is 1. The van der Waals surface area contributed by atoms with Crippen LogP contribution in [-0.2, 0) is 4.79 Å². The van der Waals surface area contributed by atoms with Crippen molar-refractivity contribution in [3.8, 4) is 0 Å². The van der Waals surface area contributed by atoms with E-state index in [1.807, 2.05) is 0 Å². The number of hydrogen-bond acceptors (Lipinski definition) is 3. The highest BCUT2D eigenvalue weighted by Gasteiger charge is 2.38. The van der Waals surface area contributed by atoms with E-state index in [9.17, 15) is 4.79 Å². The minimum Gasteiger partial charge on any atom is -0.369 e. The lowest BCUT2D eigenvalue weighted by Gasteiger charge is -2.35. The fourth-order valence-electron chi connectivity index (χ4n) is 2.70.